The van der Waals surface area contributed by atoms with Gasteiger partial charge in [-0.2, -0.15) is 0 Å². The van der Waals surface area contributed by atoms with E-state index in [-0.39, 0.29) is 5.38 Å². The SMILES string of the molecule is Cc1cccc(CC(Cl)c2cc(Cl)c(Br)s2)c1. The van der Waals surface area contributed by atoms with Gasteiger partial charge < -0.3 is 0 Å². The number of rotatable bonds is 3. The molecule has 0 aliphatic heterocycles. The first-order chi connectivity index (χ1) is 8.06. The maximum Gasteiger partial charge on any atom is 0.0887 e. The molecule has 1 heterocycles. The molecule has 1 aromatic carbocycles. The predicted molar refractivity (Wildman–Crippen MR) is 80.5 cm³/mol. The lowest BCUT2D eigenvalue weighted by Crippen LogP contribution is -1.93. The second kappa shape index (κ2) is 5.75. The highest BCUT2D eigenvalue weighted by atomic mass is 79.9. The maximum absolute atomic E-state index is 6.41. The average Bonchev–Trinajstić information content (AvgIpc) is 2.59. The van der Waals surface area contributed by atoms with Crippen LogP contribution in [-0.2, 0) is 6.42 Å². The van der Waals surface area contributed by atoms with Crippen LogP contribution in [0.4, 0.5) is 0 Å². The molecule has 0 nitrogen and oxygen atoms in total. The topological polar surface area (TPSA) is 0 Å². The van der Waals surface area contributed by atoms with Gasteiger partial charge in [-0.3, -0.25) is 0 Å². The lowest BCUT2D eigenvalue weighted by Gasteiger charge is -2.07. The van der Waals surface area contributed by atoms with Gasteiger partial charge in [0.25, 0.3) is 0 Å². The Hall–Kier alpha value is -0.0200. The molecule has 1 unspecified atom stereocenters. The first-order valence-corrected chi connectivity index (χ1v) is 7.63. The number of benzene rings is 1. The fourth-order valence-electron chi connectivity index (χ4n) is 1.66. The van der Waals surface area contributed by atoms with Gasteiger partial charge in [-0.25, -0.2) is 0 Å². The Morgan fingerprint density at radius 2 is 2.12 bits per heavy atom. The van der Waals surface area contributed by atoms with Crippen LogP contribution in [0.3, 0.4) is 0 Å². The lowest BCUT2D eigenvalue weighted by molar-refractivity contribution is 0.938. The Bertz CT molecular complexity index is 502. The van der Waals surface area contributed by atoms with Crippen LogP contribution in [0.25, 0.3) is 0 Å². The zero-order valence-electron chi connectivity index (χ0n) is 9.21. The van der Waals surface area contributed by atoms with Crippen LogP contribution in [0.15, 0.2) is 34.1 Å². The van der Waals surface area contributed by atoms with Gasteiger partial charge in [-0.05, 0) is 40.9 Å². The van der Waals surface area contributed by atoms with E-state index in [2.05, 4.69) is 47.1 Å². The number of hydrogen-bond acceptors (Lipinski definition) is 1. The quantitative estimate of drug-likeness (QED) is 0.596. The summed E-state index contributed by atoms with van der Waals surface area (Å²) in [6.07, 6.45) is 0.826. The Labute approximate surface area is 124 Å². The minimum atomic E-state index is -0.0226. The molecule has 1 aromatic heterocycles. The molecule has 0 radical (unpaired) electrons. The maximum atomic E-state index is 6.41. The highest BCUT2D eigenvalue weighted by molar-refractivity contribution is 9.11. The van der Waals surface area contributed by atoms with E-state index in [0.29, 0.717) is 0 Å². The summed E-state index contributed by atoms with van der Waals surface area (Å²) in [5.74, 6) is 0. The van der Waals surface area contributed by atoms with Crippen LogP contribution in [-0.4, -0.2) is 0 Å². The molecular weight excluding hydrogens is 339 g/mol. The van der Waals surface area contributed by atoms with Crippen LogP contribution in [0.1, 0.15) is 21.4 Å². The molecule has 0 fully saturated rings. The molecule has 2 rings (SSSR count). The molecule has 2 aromatic rings. The molecule has 90 valence electrons. The molecule has 4 heteroatoms. The largest absolute Gasteiger partial charge is 0.130 e. The monoisotopic (exact) mass is 348 g/mol. The highest BCUT2D eigenvalue weighted by Crippen LogP contribution is 2.38. The third kappa shape index (κ3) is 3.47. The van der Waals surface area contributed by atoms with Crippen LogP contribution in [0.2, 0.25) is 5.02 Å². The Balaban J connectivity index is 2.14. The summed E-state index contributed by atoms with van der Waals surface area (Å²) in [5.41, 5.74) is 2.52. The number of hydrogen-bond donors (Lipinski definition) is 0. The van der Waals surface area contributed by atoms with E-state index in [1.807, 2.05) is 6.07 Å². The summed E-state index contributed by atoms with van der Waals surface area (Å²) in [4.78, 5) is 1.10. The van der Waals surface area contributed by atoms with Crippen molar-refractivity contribution in [2.75, 3.05) is 0 Å². The third-order valence-electron chi connectivity index (χ3n) is 2.47. The minimum absolute atomic E-state index is 0.0226. The molecule has 0 saturated carbocycles. The fourth-order valence-corrected chi connectivity index (χ4v) is 3.76. The van der Waals surface area contributed by atoms with Crippen molar-refractivity contribution in [2.45, 2.75) is 18.7 Å². The van der Waals surface area contributed by atoms with Crippen molar-refractivity contribution < 1.29 is 0 Å². The summed E-state index contributed by atoms with van der Waals surface area (Å²) in [6.45, 7) is 2.09. The van der Waals surface area contributed by atoms with Gasteiger partial charge in [0.15, 0.2) is 0 Å². The minimum Gasteiger partial charge on any atom is -0.130 e. The van der Waals surface area contributed by atoms with Crippen LogP contribution >= 0.6 is 50.5 Å². The van der Waals surface area contributed by atoms with Gasteiger partial charge in [0, 0.05) is 4.88 Å². The van der Waals surface area contributed by atoms with E-state index in [1.54, 1.807) is 11.3 Å². The van der Waals surface area contributed by atoms with Gasteiger partial charge in [-0.1, -0.05) is 41.4 Å². The zero-order chi connectivity index (χ0) is 12.4. The van der Waals surface area contributed by atoms with Crippen molar-refractivity contribution in [1.82, 2.24) is 0 Å². The summed E-state index contributed by atoms with van der Waals surface area (Å²) >= 11 is 17.4. The Kier molecular flexibility index (Phi) is 4.53. The van der Waals surface area contributed by atoms with Gasteiger partial charge in [0.1, 0.15) is 0 Å². The van der Waals surface area contributed by atoms with E-state index < -0.39 is 0 Å². The van der Waals surface area contributed by atoms with E-state index >= 15 is 0 Å². The molecule has 0 aliphatic carbocycles. The van der Waals surface area contributed by atoms with Crippen molar-refractivity contribution in [3.63, 3.8) is 0 Å². The number of alkyl halides is 1. The van der Waals surface area contributed by atoms with Crippen molar-refractivity contribution >= 4 is 50.5 Å². The standard InChI is InChI=1S/C13H11BrCl2S/c1-8-3-2-4-9(5-8)6-10(15)12-7-11(16)13(14)17-12/h2-5,7,10H,6H2,1H3. The van der Waals surface area contributed by atoms with Gasteiger partial charge in [0.2, 0.25) is 0 Å². The lowest BCUT2D eigenvalue weighted by atomic mass is 10.1. The average molecular weight is 350 g/mol. The molecule has 0 saturated heterocycles. The first-order valence-electron chi connectivity index (χ1n) is 5.20. The first kappa shape index (κ1) is 13.4. The number of thiophene rings is 1. The van der Waals surface area contributed by atoms with E-state index in [1.165, 1.54) is 11.1 Å². The van der Waals surface area contributed by atoms with E-state index in [0.717, 1.165) is 20.1 Å². The van der Waals surface area contributed by atoms with Gasteiger partial charge in [-0.15, -0.1) is 22.9 Å². The van der Waals surface area contributed by atoms with Gasteiger partial charge in [0.05, 0.1) is 14.2 Å². The molecule has 0 amide bonds. The van der Waals surface area contributed by atoms with Crippen LogP contribution in [0, 0.1) is 6.92 Å². The normalized spacial score (nSPS) is 12.7. The Morgan fingerprint density at radius 1 is 1.35 bits per heavy atom. The second-order valence-electron chi connectivity index (χ2n) is 3.93. The second-order valence-corrected chi connectivity index (χ2v) is 7.27. The third-order valence-corrected chi connectivity index (χ3v) is 5.58. The molecule has 1 atom stereocenters. The molecule has 17 heavy (non-hydrogen) atoms. The van der Waals surface area contributed by atoms with Crippen molar-refractivity contribution in [3.8, 4) is 0 Å². The molecular formula is C13H11BrCl2S. The van der Waals surface area contributed by atoms with Crippen molar-refractivity contribution in [3.05, 3.63) is 55.1 Å². The summed E-state index contributed by atoms with van der Waals surface area (Å²) in [7, 11) is 0. The summed E-state index contributed by atoms with van der Waals surface area (Å²) in [5, 5.41) is 0.713. The highest BCUT2D eigenvalue weighted by Gasteiger charge is 2.14. The molecule has 0 aliphatic rings. The molecule has 0 spiro atoms. The van der Waals surface area contributed by atoms with E-state index in [4.69, 9.17) is 23.2 Å². The Morgan fingerprint density at radius 3 is 2.71 bits per heavy atom. The van der Waals surface area contributed by atoms with Crippen molar-refractivity contribution in [2.24, 2.45) is 0 Å². The number of aryl methyl sites for hydroxylation is 1. The smallest absolute Gasteiger partial charge is 0.0887 e. The predicted octanol–water partition coefficient (Wildman–Crippen LogP) is 6.00. The van der Waals surface area contributed by atoms with E-state index in [9.17, 15) is 0 Å². The fraction of sp³-hybridized carbons (Fsp3) is 0.231. The summed E-state index contributed by atoms with van der Waals surface area (Å²) in [6, 6.07) is 10.4. The van der Waals surface area contributed by atoms with Crippen LogP contribution in [0.5, 0.6) is 0 Å². The van der Waals surface area contributed by atoms with Gasteiger partial charge >= 0.3 is 0 Å². The molecule has 0 bridgehead atoms. The molecule has 0 N–H and O–H groups in total. The zero-order valence-corrected chi connectivity index (χ0v) is 13.1. The van der Waals surface area contributed by atoms with Crippen molar-refractivity contribution in [1.29, 1.82) is 0 Å². The number of halogens is 3. The summed E-state index contributed by atoms with van der Waals surface area (Å²) < 4.78 is 0.948. The van der Waals surface area contributed by atoms with Crippen LogP contribution < -0.4 is 0 Å².